The second-order valence-corrected chi connectivity index (χ2v) is 4.73. The van der Waals surface area contributed by atoms with Crippen LogP contribution in [0.3, 0.4) is 0 Å². The topological polar surface area (TPSA) is 25.8 Å². The van der Waals surface area contributed by atoms with Crippen molar-refractivity contribution in [2.24, 2.45) is 0 Å². The van der Waals surface area contributed by atoms with Gasteiger partial charge in [-0.2, -0.15) is 0 Å². The van der Waals surface area contributed by atoms with Gasteiger partial charge in [-0.05, 0) is 29.5 Å². The Hall–Kier alpha value is 0.0200. The SMILES string of the molecule is Cc1c(I)ncnc1SCCC(F)F. The number of thioether (sulfide) groups is 1. The molecule has 6 heteroatoms. The number of aromatic nitrogens is 2. The lowest BCUT2D eigenvalue weighted by Gasteiger charge is -2.04. The molecule has 0 N–H and O–H groups in total. The van der Waals surface area contributed by atoms with Crippen molar-refractivity contribution in [3.05, 3.63) is 15.6 Å². The van der Waals surface area contributed by atoms with Gasteiger partial charge in [0.2, 0.25) is 6.43 Å². The van der Waals surface area contributed by atoms with Crippen molar-refractivity contribution in [1.82, 2.24) is 9.97 Å². The third-order valence-electron chi connectivity index (χ3n) is 1.55. The molecule has 1 aromatic heterocycles. The van der Waals surface area contributed by atoms with E-state index in [1.165, 1.54) is 18.1 Å². The third kappa shape index (κ3) is 3.64. The standard InChI is InChI=1S/C8H9F2IN2S/c1-5-7(11)12-4-13-8(5)14-3-2-6(9)10/h4,6H,2-3H2,1H3. The van der Waals surface area contributed by atoms with Crippen LogP contribution in [0, 0.1) is 10.6 Å². The zero-order valence-corrected chi connectivity index (χ0v) is 10.5. The summed E-state index contributed by atoms with van der Waals surface area (Å²) >= 11 is 3.46. The van der Waals surface area contributed by atoms with Crippen molar-refractivity contribution >= 4 is 34.4 Å². The fraction of sp³-hybridized carbons (Fsp3) is 0.500. The second-order valence-electron chi connectivity index (χ2n) is 2.62. The molecular weight excluding hydrogens is 321 g/mol. The molecule has 0 radical (unpaired) electrons. The molecule has 14 heavy (non-hydrogen) atoms. The summed E-state index contributed by atoms with van der Waals surface area (Å²) in [5.74, 6) is 0.394. The average Bonchev–Trinajstić information content (AvgIpc) is 2.12. The highest BCUT2D eigenvalue weighted by Crippen LogP contribution is 2.23. The van der Waals surface area contributed by atoms with Crippen LogP contribution in [0.2, 0.25) is 0 Å². The van der Waals surface area contributed by atoms with E-state index in [1.807, 2.05) is 6.92 Å². The van der Waals surface area contributed by atoms with Gasteiger partial charge in [-0.15, -0.1) is 11.8 Å². The summed E-state index contributed by atoms with van der Waals surface area (Å²) in [6.07, 6.45) is -0.867. The first kappa shape index (κ1) is 12.1. The molecule has 0 atom stereocenters. The molecule has 0 aliphatic heterocycles. The summed E-state index contributed by atoms with van der Waals surface area (Å²) < 4.78 is 24.6. The molecule has 78 valence electrons. The van der Waals surface area contributed by atoms with Crippen LogP contribution in [0.1, 0.15) is 12.0 Å². The predicted molar refractivity (Wildman–Crippen MR) is 60.8 cm³/mol. The molecule has 1 aromatic rings. The fourth-order valence-corrected chi connectivity index (χ4v) is 2.29. The van der Waals surface area contributed by atoms with Crippen molar-refractivity contribution in [2.45, 2.75) is 24.8 Å². The van der Waals surface area contributed by atoms with E-state index < -0.39 is 6.43 Å². The van der Waals surface area contributed by atoms with E-state index in [-0.39, 0.29) is 6.42 Å². The highest BCUT2D eigenvalue weighted by Gasteiger charge is 2.07. The van der Waals surface area contributed by atoms with Crippen LogP contribution in [-0.2, 0) is 0 Å². The summed E-state index contributed by atoms with van der Waals surface area (Å²) in [6, 6.07) is 0. The van der Waals surface area contributed by atoms with E-state index in [9.17, 15) is 8.78 Å². The Labute approximate surface area is 99.0 Å². The molecule has 0 saturated heterocycles. The lowest BCUT2D eigenvalue weighted by atomic mass is 10.4. The van der Waals surface area contributed by atoms with Gasteiger partial charge in [0.1, 0.15) is 15.1 Å². The Morgan fingerprint density at radius 3 is 2.86 bits per heavy atom. The first-order valence-electron chi connectivity index (χ1n) is 3.99. The molecule has 1 heterocycles. The lowest BCUT2D eigenvalue weighted by molar-refractivity contribution is 0.145. The van der Waals surface area contributed by atoms with E-state index in [0.29, 0.717) is 5.75 Å². The van der Waals surface area contributed by atoms with Crippen molar-refractivity contribution in [1.29, 1.82) is 0 Å². The largest absolute Gasteiger partial charge is 0.239 e. The zero-order valence-electron chi connectivity index (χ0n) is 7.51. The lowest BCUT2D eigenvalue weighted by Crippen LogP contribution is -1.96. The Kier molecular flexibility index (Phi) is 5.00. The minimum Gasteiger partial charge on any atom is -0.230 e. The van der Waals surface area contributed by atoms with Crippen LogP contribution >= 0.6 is 34.4 Å². The minimum atomic E-state index is -2.23. The van der Waals surface area contributed by atoms with Crippen molar-refractivity contribution in [3.8, 4) is 0 Å². The van der Waals surface area contributed by atoms with E-state index >= 15 is 0 Å². The van der Waals surface area contributed by atoms with Crippen LogP contribution < -0.4 is 0 Å². The second kappa shape index (κ2) is 5.79. The molecule has 0 aliphatic rings. The van der Waals surface area contributed by atoms with Gasteiger partial charge in [0.25, 0.3) is 0 Å². The first-order valence-corrected chi connectivity index (χ1v) is 6.05. The first-order chi connectivity index (χ1) is 6.61. The number of hydrogen-bond donors (Lipinski definition) is 0. The average molecular weight is 330 g/mol. The Bertz CT molecular complexity index is 309. The number of rotatable bonds is 4. The summed E-state index contributed by atoms with van der Waals surface area (Å²) in [4.78, 5) is 8.03. The summed E-state index contributed by atoms with van der Waals surface area (Å²) in [5, 5.41) is 0.796. The molecule has 0 aliphatic carbocycles. The molecule has 0 aromatic carbocycles. The third-order valence-corrected chi connectivity index (χ3v) is 3.76. The maximum Gasteiger partial charge on any atom is 0.239 e. The van der Waals surface area contributed by atoms with Gasteiger partial charge >= 0.3 is 0 Å². The normalized spacial score (nSPS) is 10.9. The summed E-state index contributed by atoms with van der Waals surface area (Å²) in [5.41, 5.74) is 0.965. The molecule has 2 nitrogen and oxygen atoms in total. The van der Waals surface area contributed by atoms with Gasteiger partial charge in [0.05, 0.1) is 0 Å². The molecule has 1 rings (SSSR count). The van der Waals surface area contributed by atoms with Gasteiger partial charge in [0, 0.05) is 17.7 Å². The Morgan fingerprint density at radius 2 is 2.21 bits per heavy atom. The minimum absolute atomic E-state index is 0.0926. The van der Waals surface area contributed by atoms with E-state index in [4.69, 9.17) is 0 Å². The molecule has 0 fully saturated rings. The fourth-order valence-electron chi connectivity index (χ4n) is 0.804. The van der Waals surface area contributed by atoms with Crippen molar-refractivity contribution in [3.63, 3.8) is 0 Å². The maximum absolute atomic E-state index is 11.9. The van der Waals surface area contributed by atoms with Crippen LogP contribution in [-0.4, -0.2) is 22.1 Å². The highest BCUT2D eigenvalue weighted by atomic mass is 127. The smallest absolute Gasteiger partial charge is 0.230 e. The molecule has 0 bridgehead atoms. The number of halogens is 3. The van der Waals surface area contributed by atoms with Gasteiger partial charge in [0.15, 0.2) is 0 Å². The van der Waals surface area contributed by atoms with Gasteiger partial charge < -0.3 is 0 Å². The quantitative estimate of drug-likeness (QED) is 0.482. The Morgan fingerprint density at radius 1 is 1.50 bits per heavy atom. The number of hydrogen-bond acceptors (Lipinski definition) is 3. The monoisotopic (exact) mass is 330 g/mol. The molecule has 0 amide bonds. The van der Waals surface area contributed by atoms with E-state index in [0.717, 1.165) is 14.3 Å². The molecular formula is C8H9F2IN2S. The van der Waals surface area contributed by atoms with Gasteiger partial charge in [-0.3, -0.25) is 0 Å². The molecule has 0 unspecified atom stereocenters. The maximum atomic E-state index is 11.9. The van der Waals surface area contributed by atoms with Gasteiger partial charge in [-0.1, -0.05) is 0 Å². The molecule has 0 saturated carbocycles. The molecule has 0 spiro atoms. The van der Waals surface area contributed by atoms with Crippen LogP contribution in [0.5, 0.6) is 0 Å². The van der Waals surface area contributed by atoms with E-state index in [1.54, 1.807) is 0 Å². The van der Waals surface area contributed by atoms with Crippen LogP contribution in [0.25, 0.3) is 0 Å². The van der Waals surface area contributed by atoms with E-state index in [2.05, 4.69) is 32.6 Å². The summed E-state index contributed by atoms with van der Waals surface area (Å²) in [7, 11) is 0. The van der Waals surface area contributed by atoms with Crippen LogP contribution in [0.15, 0.2) is 11.4 Å². The number of nitrogens with zero attached hydrogens (tertiary/aromatic N) is 2. The Balaban J connectivity index is 2.54. The zero-order chi connectivity index (χ0) is 10.6. The highest BCUT2D eigenvalue weighted by molar-refractivity contribution is 14.1. The van der Waals surface area contributed by atoms with Gasteiger partial charge in [-0.25, -0.2) is 18.7 Å². The van der Waals surface area contributed by atoms with Crippen LogP contribution in [0.4, 0.5) is 8.78 Å². The number of alkyl halides is 2. The van der Waals surface area contributed by atoms with Crippen molar-refractivity contribution in [2.75, 3.05) is 5.75 Å². The predicted octanol–water partition coefficient (Wildman–Crippen LogP) is 3.14. The summed E-state index contributed by atoms with van der Waals surface area (Å²) in [6.45, 7) is 1.90. The van der Waals surface area contributed by atoms with Crippen molar-refractivity contribution < 1.29 is 8.78 Å².